The fourth-order valence-electron chi connectivity index (χ4n) is 2.80. The maximum atomic E-state index is 12.5. The van der Waals surface area contributed by atoms with Crippen LogP contribution in [0.3, 0.4) is 0 Å². The van der Waals surface area contributed by atoms with Crippen molar-refractivity contribution in [2.45, 2.75) is 12.8 Å². The highest BCUT2D eigenvalue weighted by Crippen LogP contribution is 2.30. The molecule has 0 radical (unpaired) electrons. The minimum Gasteiger partial charge on any atom is -0.478 e. The zero-order valence-corrected chi connectivity index (χ0v) is 13.7. The predicted octanol–water partition coefficient (Wildman–Crippen LogP) is 3.89. The van der Waals surface area contributed by atoms with E-state index in [-0.39, 0.29) is 11.5 Å². The van der Waals surface area contributed by atoms with Gasteiger partial charge in [0, 0.05) is 23.7 Å². The second-order valence-corrected chi connectivity index (χ2v) is 6.13. The molecule has 124 valence electrons. The SMILES string of the molecule is O=C(O)c1ccc(N2CCCC2)c(NC(=O)c2ccc(Cl)cc2)c1. The molecule has 0 spiro atoms. The summed E-state index contributed by atoms with van der Waals surface area (Å²) in [7, 11) is 0. The van der Waals surface area contributed by atoms with E-state index in [9.17, 15) is 14.7 Å². The molecule has 0 aromatic heterocycles. The van der Waals surface area contributed by atoms with Gasteiger partial charge in [-0.3, -0.25) is 4.79 Å². The van der Waals surface area contributed by atoms with E-state index in [4.69, 9.17) is 11.6 Å². The molecule has 1 amide bonds. The van der Waals surface area contributed by atoms with Crippen molar-refractivity contribution < 1.29 is 14.7 Å². The Morgan fingerprint density at radius 3 is 2.25 bits per heavy atom. The number of nitrogens with one attached hydrogen (secondary N) is 1. The van der Waals surface area contributed by atoms with Gasteiger partial charge < -0.3 is 15.3 Å². The lowest BCUT2D eigenvalue weighted by atomic mass is 10.1. The first kappa shape index (κ1) is 16.3. The van der Waals surface area contributed by atoms with E-state index in [0.29, 0.717) is 16.3 Å². The molecular formula is C18H17ClN2O3. The lowest BCUT2D eigenvalue weighted by Crippen LogP contribution is -2.21. The molecule has 2 aromatic rings. The lowest BCUT2D eigenvalue weighted by Gasteiger charge is -2.22. The molecule has 1 fully saturated rings. The summed E-state index contributed by atoms with van der Waals surface area (Å²) in [4.78, 5) is 25.8. The molecule has 24 heavy (non-hydrogen) atoms. The molecule has 2 aromatic carbocycles. The average molecular weight is 345 g/mol. The van der Waals surface area contributed by atoms with Crippen molar-refractivity contribution in [1.82, 2.24) is 0 Å². The van der Waals surface area contributed by atoms with E-state index in [1.807, 2.05) is 0 Å². The highest BCUT2D eigenvalue weighted by atomic mass is 35.5. The Morgan fingerprint density at radius 2 is 1.62 bits per heavy atom. The number of carbonyl (C=O) groups excluding carboxylic acids is 1. The Hall–Kier alpha value is -2.53. The summed E-state index contributed by atoms with van der Waals surface area (Å²) in [5.41, 5.74) is 1.97. The van der Waals surface area contributed by atoms with Crippen molar-refractivity contribution in [2.24, 2.45) is 0 Å². The molecule has 0 bridgehead atoms. The summed E-state index contributed by atoms with van der Waals surface area (Å²) >= 11 is 5.84. The molecule has 1 saturated heterocycles. The predicted molar refractivity (Wildman–Crippen MR) is 94.3 cm³/mol. The van der Waals surface area contributed by atoms with Crippen LogP contribution in [0.1, 0.15) is 33.6 Å². The quantitative estimate of drug-likeness (QED) is 0.882. The molecule has 0 saturated carbocycles. The summed E-state index contributed by atoms with van der Waals surface area (Å²) in [5.74, 6) is -1.32. The second kappa shape index (κ2) is 6.93. The van der Waals surface area contributed by atoms with Gasteiger partial charge in [0.15, 0.2) is 0 Å². The molecule has 1 aliphatic heterocycles. The minimum atomic E-state index is -1.02. The van der Waals surface area contributed by atoms with Gasteiger partial charge in [0.1, 0.15) is 0 Å². The Labute approximate surface area is 144 Å². The van der Waals surface area contributed by atoms with Crippen LogP contribution in [-0.4, -0.2) is 30.1 Å². The van der Waals surface area contributed by atoms with Crippen LogP contribution >= 0.6 is 11.6 Å². The van der Waals surface area contributed by atoms with Crippen molar-refractivity contribution in [2.75, 3.05) is 23.3 Å². The van der Waals surface area contributed by atoms with E-state index >= 15 is 0 Å². The van der Waals surface area contributed by atoms with Crippen LogP contribution in [0.4, 0.5) is 11.4 Å². The summed E-state index contributed by atoms with van der Waals surface area (Å²) in [6.45, 7) is 1.80. The van der Waals surface area contributed by atoms with Crippen LogP contribution in [0, 0.1) is 0 Å². The third-order valence-electron chi connectivity index (χ3n) is 4.04. The van der Waals surface area contributed by atoms with Crippen LogP contribution in [0.2, 0.25) is 5.02 Å². The summed E-state index contributed by atoms with van der Waals surface area (Å²) in [5, 5.41) is 12.6. The fraction of sp³-hybridized carbons (Fsp3) is 0.222. The first-order chi connectivity index (χ1) is 11.5. The van der Waals surface area contributed by atoms with Crippen LogP contribution in [0.5, 0.6) is 0 Å². The zero-order chi connectivity index (χ0) is 17.1. The Kier molecular flexibility index (Phi) is 4.71. The molecule has 1 aliphatic rings. The number of halogens is 1. The van der Waals surface area contributed by atoms with Crippen molar-refractivity contribution in [3.05, 3.63) is 58.6 Å². The van der Waals surface area contributed by atoms with Gasteiger partial charge in [-0.1, -0.05) is 11.6 Å². The van der Waals surface area contributed by atoms with E-state index < -0.39 is 5.97 Å². The standard InChI is InChI=1S/C18H17ClN2O3/c19-14-6-3-12(4-7-14)17(22)20-15-11-13(18(23)24)5-8-16(15)21-9-1-2-10-21/h3-8,11H,1-2,9-10H2,(H,20,22)(H,23,24). The molecule has 3 rings (SSSR count). The van der Waals surface area contributed by atoms with Crippen molar-refractivity contribution in [3.63, 3.8) is 0 Å². The van der Waals surface area contributed by atoms with Gasteiger partial charge in [-0.05, 0) is 55.3 Å². The van der Waals surface area contributed by atoms with Gasteiger partial charge in [-0.15, -0.1) is 0 Å². The number of carboxylic acids is 1. The molecule has 1 heterocycles. The normalized spacial score (nSPS) is 13.8. The summed E-state index contributed by atoms with van der Waals surface area (Å²) in [6.07, 6.45) is 2.18. The monoisotopic (exact) mass is 344 g/mol. The van der Waals surface area contributed by atoms with Crippen LogP contribution in [-0.2, 0) is 0 Å². The number of amides is 1. The number of anilines is 2. The van der Waals surface area contributed by atoms with Gasteiger partial charge in [-0.25, -0.2) is 4.79 Å². The van der Waals surface area contributed by atoms with Crippen LogP contribution in [0.25, 0.3) is 0 Å². The molecule has 6 heteroatoms. The highest BCUT2D eigenvalue weighted by Gasteiger charge is 2.19. The first-order valence-corrected chi connectivity index (χ1v) is 8.11. The summed E-state index contributed by atoms with van der Waals surface area (Å²) < 4.78 is 0. The Balaban J connectivity index is 1.91. The number of carboxylic acid groups (broad SMARTS) is 1. The smallest absolute Gasteiger partial charge is 0.335 e. The number of hydrogen-bond donors (Lipinski definition) is 2. The van der Waals surface area contributed by atoms with Crippen molar-refractivity contribution in [1.29, 1.82) is 0 Å². The highest BCUT2D eigenvalue weighted by molar-refractivity contribution is 6.30. The minimum absolute atomic E-state index is 0.143. The van der Waals surface area contributed by atoms with E-state index in [1.165, 1.54) is 6.07 Å². The summed E-state index contributed by atoms with van der Waals surface area (Å²) in [6, 6.07) is 11.4. The molecular weight excluding hydrogens is 328 g/mol. The van der Waals surface area contributed by atoms with Gasteiger partial charge in [0.25, 0.3) is 5.91 Å². The Morgan fingerprint density at radius 1 is 1.00 bits per heavy atom. The Bertz CT molecular complexity index is 768. The largest absolute Gasteiger partial charge is 0.478 e. The molecule has 0 unspecified atom stereocenters. The number of carbonyl (C=O) groups is 2. The van der Waals surface area contributed by atoms with Gasteiger partial charge >= 0.3 is 5.97 Å². The lowest BCUT2D eigenvalue weighted by molar-refractivity contribution is 0.0696. The van der Waals surface area contributed by atoms with Gasteiger partial charge in [0.2, 0.25) is 0 Å². The van der Waals surface area contributed by atoms with Crippen molar-refractivity contribution in [3.8, 4) is 0 Å². The zero-order valence-electron chi connectivity index (χ0n) is 13.0. The number of nitrogens with zero attached hydrogens (tertiary/aromatic N) is 1. The first-order valence-electron chi connectivity index (χ1n) is 7.74. The number of rotatable bonds is 4. The van der Waals surface area contributed by atoms with Crippen LogP contribution in [0.15, 0.2) is 42.5 Å². The van der Waals surface area contributed by atoms with E-state index in [2.05, 4.69) is 10.2 Å². The maximum Gasteiger partial charge on any atom is 0.335 e. The third kappa shape index (κ3) is 3.51. The molecule has 0 atom stereocenters. The van der Waals surface area contributed by atoms with Crippen molar-refractivity contribution >= 4 is 34.9 Å². The van der Waals surface area contributed by atoms with Gasteiger partial charge in [0.05, 0.1) is 16.9 Å². The fourth-order valence-corrected chi connectivity index (χ4v) is 2.92. The molecule has 2 N–H and O–H groups in total. The number of hydrogen-bond acceptors (Lipinski definition) is 3. The number of benzene rings is 2. The van der Waals surface area contributed by atoms with Gasteiger partial charge in [-0.2, -0.15) is 0 Å². The second-order valence-electron chi connectivity index (χ2n) is 5.69. The molecule has 5 nitrogen and oxygen atoms in total. The van der Waals surface area contributed by atoms with E-state index in [0.717, 1.165) is 31.6 Å². The van der Waals surface area contributed by atoms with E-state index in [1.54, 1.807) is 36.4 Å². The third-order valence-corrected chi connectivity index (χ3v) is 4.30. The molecule has 0 aliphatic carbocycles. The number of aromatic carboxylic acids is 1. The topological polar surface area (TPSA) is 69.6 Å². The average Bonchev–Trinajstić information content (AvgIpc) is 3.09. The maximum absolute atomic E-state index is 12.5. The van der Waals surface area contributed by atoms with Crippen LogP contribution < -0.4 is 10.2 Å².